The minimum Gasteiger partial charge on any atom is -0.383 e. The predicted molar refractivity (Wildman–Crippen MR) is 75.0 cm³/mol. The van der Waals surface area contributed by atoms with E-state index in [1.165, 1.54) is 12.1 Å². The summed E-state index contributed by atoms with van der Waals surface area (Å²) in [5, 5.41) is 6.35. The number of rotatable bonds is 6. The van der Waals surface area contributed by atoms with Crippen LogP contribution in [0.2, 0.25) is 0 Å². The average Bonchev–Trinajstić information content (AvgIpc) is 2.89. The molecule has 1 aliphatic rings. The lowest BCUT2D eigenvalue weighted by atomic mass is 9.98. The summed E-state index contributed by atoms with van der Waals surface area (Å²) < 4.78 is 18.0. The van der Waals surface area contributed by atoms with Crippen LogP contribution in [0.3, 0.4) is 0 Å². The van der Waals surface area contributed by atoms with E-state index in [1.807, 2.05) is 0 Å². The van der Waals surface area contributed by atoms with E-state index in [1.54, 1.807) is 19.2 Å². The first-order valence-corrected chi connectivity index (χ1v) is 6.89. The van der Waals surface area contributed by atoms with Crippen LogP contribution in [-0.4, -0.2) is 38.3 Å². The fraction of sp³-hybridized carbons (Fsp3) is 0.533. The number of hydrogen-bond acceptors (Lipinski definition) is 3. The summed E-state index contributed by atoms with van der Waals surface area (Å²) in [5.74, 6) is -0.343. The fourth-order valence-corrected chi connectivity index (χ4v) is 2.59. The summed E-state index contributed by atoms with van der Waals surface area (Å²) >= 11 is 0. The molecule has 1 fully saturated rings. The lowest BCUT2D eigenvalue weighted by molar-refractivity contribution is -0.120. The van der Waals surface area contributed by atoms with E-state index in [4.69, 9.17) is 4.74 Å². The molecule has 1 aromatic carbocycles. The Balaban J connectivity index is 1.83. The van der Waals surface area contributed by atoms with E-state index in [0.717, 1.165) is 24.9 Å². The number of halogens is 1. The zero-order chi connectivity index (χ0) is 14.4. The van der Waals surface area contributed by atoms with Gasteiger partial charge in [-0.25, -0.2) is 4.39 Å². The maximum atomic E-state index is 12.8. The van der Waals surface area contributed by atoms with Crippen molar-refractivity contribution in [3.05, 3.63) is 35.6 Å². The smallest absolute Gasteiger partial charge is 0.224 e. The SMILES string of the molecule is COCC1(CNC(=O)Cc2ccc(F)cc2)CCCN1. The topological polar surface area (TPSA) is 50.4 Å². The third kappa shape index (κ3) is 4.02. The van der Waals surface area contributed by atoms with Gasteiger partial charge < -0.3 is 15.4 Å². The number of carbonyl (C=O) groups excluding carboxylic acids is 1. The van der Waals surface area contributed by atoms with Crippen molar-refractivity contribution in [2.45, 2.75) is 24.8 Å². The molecule has 5 heteroatoms. The molecular formula is C15H21FN2O2. The zero-order valence-electron chi connectivity index (χ0n) is 11.7. The Labute approximate surface area is 118 Å². The Kier molecular flexibility index (Phi) is 5.09. The molecule has 0 bridgehead atoms. The van der Waals surface area contributed by atoms with Gasteiger partial charge in [0.2, 0.25) is 5.91 Å². The Bertz CT molecular complexity index is 442. The molecule has 0 spiro atoms. The normalized spacial score (nSPS) is 21.9. The Morgan fingerprint density at radius 3 is 2.80 bits per heavy atom. The minimum absolute atomic E-state index is 0.0548. The second kappa shape index (κ2) is 6.81. The lowest BCUT2D eigenvalue weighted by Crippen LogP contribution is -2.53. The van der Waals surface area contributed by atoms with Crippen LogP contribution in [0, 0.1) is 5.82 Å². The van der Waals surface area contributed by atoms with Crippen molar-refractivity contribution in [1.82, 2.24) is 10.6 Å². The minimum atomic E-state index is -0.289. The van der Waals surface area contributed by atoms with Crippen LogP contribution in [0.25, 0.3) is 0 Å². The van der Waals surface area contributed by atoms with Gasteiger partial charge in [0.25, 0.3) is 0 Å². The Hall–Kier alpha value is -1.46. The van der Waals surface area contributed by atoms with Crippen LogP contribution < -0.4 is 10.6 Å². The number of nitrogens with one attached hydrogen (secondary N) is 2. The largest absolute Gasteiger partial charge is 0.383 e. The van der Waals surface area contributed by atoms with E-state index < -0.39 is 0 Å². The number of ether oxygens (including phenoxy) is 1. The van der Waals surface area contributed by atoms with Gasteiger partial charge in [0, 0.05) is 13.7 Å². The van der Waals surface area contributed by atoms with E-state index in [-0.39, 0.29) is 23.7 Å². The van der Waals surface area contributed by atoms with Gasteiger partial charge in [-0.15, -0.1) is 0 Å². The monoisotopic (exact) mass is 280 g/mol. The van der Waals surface area contributed by atoms with Gasteiger partial charge in [-0.05, 0) is 37.1 Å². The first kappa shape index (κ1) is 14.9. The van der Waals surface area contributed by atoms with Crippen molar-refractivity contribution in [3.63, 3.8) is 0 Å². The van der Waals surface area contributed by atoms with Gasteiger partial charge in [0.1, 0.15) is 5.82 Å². The fourth-order valence-electron chi connectivity index (χ4n) is 2.59. The average molecular weight is 280 g/mol. The first-order chi connectivity index (χ1) is 9.63. The maximum absolute atomic E-state index is 12.8. The molecule has 0 radical (unpaired) electrons. The molecule has 1 heterocycles. The number of amides is 1. The van der Waals surface area contributed by atoms with Gasteiger partial charge in [0.15, 0.2) is 0 Å². The van der Waals surface area contributed by atoms with Crippen LogP contribution in [-0.2, 0) is 16.0 Å². The molecule has 1 saturated heterocycles. The molecule has 0 saturated carbocycles. The van der Waals surface area contributed by atoms with E-state index in [2.05, 4.69) is 10.6 Å². The van der Waals surface area contributed by atoms with Gasteiger partial charge in [-0.2, -0.15) is 0 Å². The Morgan fingerprint density at radius 2 is 2.20 bits per heavy atom. The maximum Gasteiger partial charge on any atom is 0.224 e. The predicted octanol–water partition coefficient (Wildman–Crippen LogP) is 1.25. The summed E-state index contributed by atoms with van der Waals surface area (Å²) in [6, 6.07) is 6.00. The molecule has 1 aromatic rings. The van der Waals surface area contributed by atoms with Crippen LogP contribution in [0.5, 0.6) is 0 Å². The highest BCUT2D eigenvalue weighted by Crippen LogP contribution is 2.18. The van der Waals surface area contributed by atoms with Gasteiger partial charge in [-0.1, -0.05) is 12.1 Å². The second-order valence-electron chi connectivity index (χ2n) is 5.32. The number of carbonyl (C=O) groups is 1. The van der Waals surface area contributed by atoms with Crippen molar-refractivity contribution >= 4 is 5.91 Å². The number of hydrogen-bond donors (Lipinski definition) is 2. The highest BCUT2D eigenvalue weighted by atomic mass is 19.1. The van der Waals surface area contributed by atoms with Gasteiger partial charge in [0.05, 0.1) is 18.6 Å². The third-order valence-corrected chi connectivity index (χ3v) is 3.65. The van der Waals surface area contributed by atoms with Gasteiger partial charge in [-0.3, -0.25) is 4.79 Å². The van der Waals surface area contributed by atoms with Crippen LogP contribution in [0.4, 0.5) is 4.39 Å². The standard InChI is InChI=1S/C15H21FN2O2/c1-20-11-15(7-2-8-18-15)10-17-14(19)9-12-3-5-13(16)6-4-12/h3-6,18H,2,7-11H2,1H3,(H,17,19). The molecule has 0 aliphatic carbocycles. The van der Waals surface area contributed by atoms with Crippen LogP contribution >= 0.6 is 0 Å². The summed E-state index contributed by atoms with van der Waals surface area (Å²) in [6.45, 7) is 2.10. The van der Waals surface area contributed by atoms with E-state index in [9.17, 15) is 9.18 Å². The molecule has 1 atom stereocenters. The lowest BCUT2D eigenvalue weighted by Gasteiger charge is -2.29. The highest BCUT2D eigenvalue weighted by molar-refractivity contribution is 5.78. The number of benzene rings is 1. The second-order valence-corrected chi connectivity index (χ2v) is 5.32. The molecule has 20 heavy (non-hydrogen) atoms. The molecule has 2 rings (SSSR count). The Morgan fingerprint density at radius 1 is 1.45 bits per heavy atom. The summed E-state index contributed by atoms with van der Waals surface area (Å²) in [6.07, 6.45) is 2.36. The van der Waals surface area contributed by atoms with Crippen molar-refractivity contribution < 1.29 is 13.9 Å². The van der Waals surface area contributed by atoms with Gasteiger partial charge >= 0.3 is 0 Å². The highest BCUT2D eigenvalue weighted by Gasteiger charge is 2.33. The first-order valence-electron chi connectivity index (χ1n) is 6.89. The molecule has 1 aliphatic heterocycles. The van der Waals surface area contributed by atoms with E-state index in [0.29, 0.717) is 13.2 Å². The summed E-state index contributed by atoms with van der Waals surface area (Å²) in [4.78, 5) is 11.9. The molecule has 1 unspecified atom stereocenters. The van der Waals surface area contributed by atoms with Crippen LogP contribution in [0.15, 0.2) is 24.3 Å². The quantitative estimate of drug-likeness (QED) is 0.824. The summed E-state index contributed by atoms with van der Waals surface area (Å²) in [7, 11) is 1.67. The van der Waals surface area contributed by atoms with Crippen molar-refractivity contribution in [2.75, 3.05) is 26.8 Å². The van der Waals surface area contributed by atoms with Crippen molar-refractivity contribution in [1.29, 1.82) is 0 Å². The zero-order valence-corrected chi connectivity index (χ0v) is 11.7. The molecule has 110 valence electrons. The van der Waals surface area contributed by atoms with Crippen molar-refractivity contribution in [2.24, 2.45) is 0 Å². The van der Waals surface area contributed by atoms with E-state index >= 15 is 0 Å². The molecule has 1 amide bonds. The molecule has 0 aromatic heterocycles. The van der Waals surface area contributed by atoms with Crippen LogP contribution in [0.1, 0.15) is 18.4 Å². The van der Waals surface area contributed by atoms with Crippen molar-refractivity contribution in [3.8, 4) is 0 Å². The molecular weight excluding hydrogens is 259 g/mol. The molecule has 4 nitrogen and oxygen atoms in total. The number of methoxy groups -OCH3 is 1. The summed E-state index contributed by atoms with van der Waals surface area (Å²) in [5.41, 5.74) is 0.664. The molecule has 2 N–H and O–H groups in total. The third-order valence-electron chi connectivity index (χ3n) is 3.65.